The summed E-state index contributed by atoms with van der Waals surface area (Å²) in [4.78, 5) is 14.3. The van der Waals surface area contributed by atoms with Crippen molar-refractivity contribution in [3.63, 3.8) is 0 Å². The predicted molar refractivity (Wildman–Crippen MR) is 84.1 cm³/mol. The zero-order valence-corrected chi connectivity index (χ0v) is 13.6. The summed E-state index contributed by atoms with van der Waals surface area (Å²) in [7, 11) is -0.917. The van der Waals surface area contributed by atoms with E-state index in [9.17, 15) is 0 Å². The second-order valence-corrected chi connectivity index (χ2v) is 5.19. The van der Waals surface area contributed by atoms with Gasteiger partial charge in [0.1, 0.15) is 9.03 Å². The summed E-state index contributed by atoms with van der Waals surface area (Å²) in [5.41, 5.74) is 0. The first-order valence-corrected chi connectivity index (χ1v) is 8.76. The van der Waals surface area contributed by atoms with Crippen molar-refractivity contribution < 1.29 is 9.79 Å². The SMILES string of the molecule is CCCCCCCCCCCCCCC.OPO. The van der Waals surface area contributed by atoms with Gasteiger partial charge >= 0.3 is 0 Å². The Morgan fingerprint density at radius 3 is 0.833 bits per heavy atom. The van der Waals surface area contributed by atoms with Gasteiger partial charge < -0.3 is 9.79 Å². The number of hydrogen-bond donors (Lipinski definition) is 2. The summed E-state index contributed by atoms with van der Waals surface area (Å²) in [6.07, 6.45) is 18.9. The third kappa shape index (κ3) is 25.3. The van der Waals surface area contributed by atoms with Crippen LogP contribution in [0.3, 0.4) is 0 Å². The van der Waals surface area contributed by atoms with E-state index < -0.39 is 9.03 Å². The lowest BCUT2D eigenvalue weighted by atomic mass is 10.1. The van der Waals surface area contributed by atoms with Gasteiger partial charge in [-0.2, -0.15) is 0 Å². The number of hydrogen-bond acceptors (Lipinski definition) is 2. The molecule has 0 aliphatic rings. The second-order valence-electron chi connectivity index (χ2n) is 4.99. The van der Waals surface area contributed by atoms with Crippen LogP contribution >= 0.6 is 9.03 Å². The molecule has 0 spiro atoms. The first-order valence-electron chi connectivity index (χ1n) is 7.86. The van der Waals surface area contributed by atoms with Crippen LogP contribution in [0, 0.1) is 0 Å². The predicted octanol–water partition coefficient (Wildman–Crippen LogP) is 5.58. The van der Waals surface area contributed by atoms with E-state index in [0.29, 0.717) is 0 Å². The third-order valence-corrected chi connectivity index (χ3v) is 3.21. The second kappa shape index (κ2) is 22.5. The van der Waals surface area contributed by atoms with E-state index in [-0.39, 0.29) is 0 Å². The quantitative estimate of drug-likeness (QED) is 0.361. The van der Waals surface area contributed by atoms with Gasteiger partial charge in [0.05, 0.1) is 0 Å². The van der Waals surface area contributed by atoms with Gasteiger partial charge in [0.15, 0.2) is 0 Å². The van der Waals surface area contributed by atoms with Gasteiger partial charge in [-0.3, -0.25) is 0 Å². The van der Waals surface area contributed by atoms with E-state index in [1.165, 1.54) is 83.5 Å². The molecule has 0 aliphatic carbocycles. The molecular weight excluding hydrogens is 243 g/mol. The molecule has 3 heteroatoms. The molecule has 0 unspecified atom stereocenters. The molecule has 0 rings (SSSR count). The molecule has 0 aromatic rings. The van der Waals surface area contributed by atoms with E-state index in [2.05, 4.69) is 13.8 Å². The van der Waals surface area contributed by atoms with Crippen molar-refractivity contribution in [2.45, 2.75) is 97.3 Å². The van der Waals surface area contributed by atoms with Gasteiger partial charge in [0.25, 0.3) is 0 Å². The van der Waals surface area contributed by atoms with Crippen LogP contribution in [0.4, 0.5) is 0 Å². The lowest BCUT2D eigenvalue weighted by molar-refractivity contribution is 0.513. The van der Waals surface area contributed by atoms with Gasteiger partial charge in [0, 0.05) is 0 Å². The molecule has 0 aliphatic heterocycles. The molecule has 0 heterocycles. The van der Waals surface area contributed by atoms with Crippen molar-refractivity contribution in [2.75, 3.05) is 0 Å². The van der Waals surface area contributed by atoms with Crippen LogP contribution in [-0.4, -0.2) is 9.79 Å². The van der Waals surface area contributed by atoms with Crippen molar-refractivity contribution in [2.24, 2.45) is 0 Å². The Kier molecular flexibility index (Phi) is 25.9. The molecule has 0 saturated heterocycles. The third-order valence-electron chi connectivity index (χ3n) is 3.21. The summed E-state index contributed by atoms with van der Waals surface area (Å²) in [6.45, 7) is 4.58. The van der Waals surface area contributed by atoms with E-state index in [1.54, 1.807) is 0 Å². The smallest absolute Gasteiger partial charge is 0.149 e. The summed E-state index contributed by atoms with van der Waals surface area (Å²) in [6, 6.07) is 0. The highest BCUT2D eigenvalue weighted by atomic mass is 31.1. The first kappa shape index (κ1) is 20.7. The summed E-state index contributed by atoms with van der Waals surface area (Å²) < 4.78 is 0. The maximum atomic E-state index is 7.15. The fourth-order valence-corrected chi connectivity index (χ4v) is 2.09. The average molecular weight is 278 g/mol. The molecule has 0 aromatic carbocycles. The highest BCUT2D eigenvalue weighted by molar-refractivity contribution is 7.23. The molecule has 2 nitrogen and oxygen atoms in total. The Balaban J connectivity index is 0. The van der Waals surface area contributed by atoms with Crippen molar-refractivity contribution in [1.82, 2.24) is 0 Å². The molecule has 0 amide bonds. The van der Waals surface area contributed by atoms with Crippen molar-refractivity contribution in [1.29, 1.82) is 0 Å². The molecular formula is C15H35O2P. The zero-order valence-electron chi connectivity index (χ0n) is 12.6. The highest BCUT2D eigenvalue weighted by Gasteiger charge is 1.92. The maximum Gasteiger partial charge on any atom is 0.149 e. The Labute approximate surface area is 117 Å². The largest absolute Gasteiger partial charge is 0.352 e. The Bertz CT molecular complexity index is 109. The Morgan fingerprint density at radius 2 is 0.667 bits per heavy atom. The van der Waals surface area contributed by atoms with Crippen LogP contribution in [0.1, 0.15) is 97.3 Å². The lowest BCUT2D eigenvalue weighted by Crippen LogP contribution is -1.82. The molecule has 0 atom stereocenters. The van der Waals surface area contributed by atoms with Crippen LogP contribution in [0.25, 0.3) is 0 Å². The van der Waals surface area contributed by atoms with Crippen LogP contribution in [0.5, 0.6) is 0 Å². The standard InChI is InChI=1S/C15H32.H3O2P/c1-3-5-7-9-11-13-15-14-12-10-8-6-4-2;1-3-2/h3-15H2,1-2H3;1-3H. The molecule has 2 N–H and O–H groups in total. The summed E-state index contributed by atoms with van der Waals surface area (Å²) in [5.74, 6) is 0. The van der Waals surface area contributed by atoms with Crippen LogP contribution in [0.2, 0.25) is 0 Å². The normalized spacial score (nSPS) is 10.0. The minimum Gasteiger partial charge on any atom is -0.352 e. The Morgan fingerprint density at radius 1 is 0.500 bits per heavy atom. The molecule has 112 valence electrons. The van der Waals surface area contributed by atoms with E-state index >= 15 is 0 Å². The van der Waals surface area contributed by atoms with E-state index in [0.717, 1.165) is 0 Å². The fraction of sp³-hybridized carbons (Fsp3) is 1.00. The van der Waals surface area contributed by atoms with E-state index in [1.807, 2.05) is 0 Å². The number of rotatable bonds is 12. The van der Waals surface area contributed by atoms with Crippen LogP contribution in [-0.2, 0) is 0 Å². The van der Waals surface area contributed by atoms with Gasteiger partial charge in [-0.15, -0.1) is 0 Å². The van der Waals surface area contributed by atoms with E-state index in [4.69, 9.17) is 9.79 Å². The number of unbranched alkanes of at least 4 members (excludes halogenated alkanes) is 12. The lowest BCUT2D eigenvalue weighted by Gasteiger charge is -2.01. The monoisotopic (exact) mass is 278 g/mol. The Hall–Kier alpha value is 0.350. The molecule has 0 bridgehead atoms. The molecule has 0 saturated carbocycles. The van der Waals surface area contributed by atoms with Gasteiger partial charge in [-0.25, -0.2) is 0 Å². The van der Waals surface area contributed by atoms with Crippen LogP contribution < -0.4 is 0 Å². The van der Waals surface area contributed by atoms with Crippen molar-refractivity contribution >= 4 is 9.03 Å². The van der Waals surface area contributed by atoms with Gasteiger partial charge in [0.2, 0.25) is 0 Å². The summed E-state index contributed by atoms with van der Waals surface area (Å²) in [5, 5.41) is 0. The first-order chi connectivity index (χ1) is 8.83. The molecule has 0 fully saturated rings. The maximum absolute atomic E-state index is 7.15. The van der Waals surface area contributed by atoms with Gasteiger partial charge in [-0.1, -0.05) is 97.3 Å². The summed E-state index contributed by atoms with van der Waals surface area (Å²) >= 11 is 0. The minimum absolute atomic E-state index is 0.917. The van der Waals surface area contributed by atoms with Crippen LogP contribution in [0.15, 0.2) is 0 Å². The molecule has 18 heavy (non-hydrogen) atoms. The van der Waals surface area contributed by atoms with Crippen molar-refractivity contribution in [3.05, 3.63) is 0 Å². The van der Waals surface area contributed by atoms with Gasteiger partial charge in [-0.05, 0) is 0 Å². The average Bonchev–Trinajstić information content (AvgIpc) is 2.37. The zero-order chi connectivity index (χ0) is 13.9. The molecule has 0 radical (unpaired) electrons. The highest BCUT2D eigenvalue weighted by Crippen LogP contribution is 2.12. The topological polar surface area (TPSA) is 40.5 Å². The molecule has 0 aromatic heterocycles. The fourth-order valence-electron chi connectivity index (χ4n) is 2.09. The minimum atomic E-state index is -0.917. The van der Waals surface area contributed by atoms with Crippen molar-refractivity contribution in [3.8, 4) is 0 Å².